The number of carbonyl (C=O) groups excluding carboxylic acids is 2. The number of nitrogens with one attached hydrogen (secondary N) is 1. The Morgan fingerprint density at radius 1 is 1.10 bits per heavy atom. The Labute approximate surface area is 180 Å². The van der Waals surface area contributed by atoms with E-state index in [0.717, 1.165) is 4.31 Å². The van der Waals surface area contributed by atoms with Gasteiger partial charge in [-0.25, -0.2) is 12.8 Å². The molecule has 0 radical (unpaired) electrons. The van der Waals surface area contributed by atoms with Crippen LogP contribution in [0.3, 0.4) is 0 Å². The summed E-state index contributed by atoms with van der Waals surface area (Å²) in [7, 11) is -1.22. The molecule has 162 valence electrons. The van der Waals surface area contributed by atoms with Crippen molar-refractivity contribution in [1.82, 2.24) is 14.5 Å². The second-order valence-corrected chi connectivity index (χ2v) is 9.13. The predicted octanol–water partition coefficient (Wildman–Crippen LogP) is 2.26. The van der Waals surface area contributed by atoms with E-state index >= 15 is 0 Å². The Bertz CT molecular complexity index is 998. The fourth-order valence-electron chi connectivity index (χ4n) is 2.73. The largest absolute Gasteiger partial charge is 0.357 e. The summed E-state index contributed by atoms with van der Waals surface area (Å²) in [6.45, 7) is 1.07. The number of sulfonamides is 1. The molecule has 0 saturated carbocycles. The SMILES string of the molecule is CNC(=O)[C@@H](C)N(Cc1ccc(F)cc1)C(=O)CN(C)S(=O)(=O)c1ccc(Cl)cc1. The highest BCUT2D eigenvalue weighted by Gasteiger charge is 2.29. The maximum atomic E-state index is 13.2. The summed E-state index contributed by atoms with van der Waals surface area (Å²) in [4.78, 5) is 26.3. The smallest absolute Gasteiger partial charge is 0.243 e. The fourth-order valence-corrected chi connectivity index (χ4v) is 3.98. The minimum atomic E-state index is -3.94. The molecule has 0 aliphatic rings. The standard InChI is InChI=1S/C20H23ClFN3O4S/c1-14(20(27)23-2)25(12-15-4-8-17(22)9-5-15)19(26)13-24(3)30(28,29)18-10-6-16(21)7-11-18/h4-11,14H,12-13H2,1-3H3,(H,23,27)/t14-/m1/s1. The van der Waals surface area contributed by atoms with Crippen molar-refractivity contribution < 1.29 is 22.4 Å². The molecule has 1 atom stereocenters. The van der Waals surface area contributed by atoms with E-state index in [2.05, 4.69) is 5.32 Å². The van der Waals surface area contributed by atoms with Crippen molar-refractivity contribution in [3.8, 4) is 0 Å². The van der Waals surface area contributed by atoms with Crippen LogP contribution < -0.4 is 5.32 Å². The minimum absolute atomic E-state index is 0.00775. The average molecular weight is 456 g/mol. The van der Waals surface area contributed by atoms with Crippen LogP contribution in [0.5, 0.6) is 0 Å². The summed E-state index contributed by atoms with van der Waals surface area (Å²) in [5.74, 6) is -1.41. The topological polar surface area (TPSA) is 86.8 Å². The van der Waals surface area contributed by atoms with Crippen LogP contribution in [0.2, 0.25) is 5.02 Å². The molecule has 7 nitrogen and oxygen atoms in total. The van der Waals surface area contributed by atoms with Crippen LogP contribution in [-0.4, -0.2) is 56.1 Å². The van der Waals surface area contributed by atoms with Gasteiger partial charge in [0, 0.05) is 25.7 Å². The first-order valence-corrected chi connectivity index (χ1v) is 10.9. The van der Waals surface area contributed by atoms with Crippen LogP contribution in [0.25, 0.3) is 0 Å². The second-order valence-electron chi connectivity index (χ2n) is 6.65. The van der Waals surface area contributed by atoms with Crippen molar-refractivity contribution in [2.45, 2.75) is 24.4 Å². The molecule has 0 unspecified atom stereocenters. The van der Waals surface area contributed by atoms with E-state index in [1.807, 2.05) is 0 Å². The maximum Gasteiger partial charge on any atom is 0.243 e. The van der Waals surface area contributed by atoms with E-state index in [-0.39, 0.29) is 11.4 Å². The molecule has 30 heavy (non-hydrogen) atoms. The highest BCUT2D eigenvalue weighted by Crippen LogP contribution is 2.18. The molecule has 0 aromatic heterocycles. The Balaban J connectivity index is 2.24. The van der Waals surface area contributed by atoms with E-state index in [4.69, 9.17) is 11.6 Å². The number of rotatable bonds is 8. The Morgan fingerprint density at radius 2 is 1.67 bits per heavy atom. The lowest BCUT2D eigenvalue weighted by Crippen LogP contribution is -2.50. The second kappa shape index (κ2) is 10.0. The highest BCUT2D eigenvalue weighted by atomic mass is 35.5. The zero-order valence-electron chi connectivity index (χ0n) is 16.8. The van der Waals surface area contributed by atoms with Crippen LogP contribution >= 0.6 is 11.6 Å². The van der Waals surface area contributed by atoms with Crippen molar-refractivity contribution in [3.05, 3.63) is 64.9 Å². The van der Waals surface area contributed by atoms with Gasteiger partial charge in [-0.3, -0.25) is 9.59 Å². The summed E-state index contributed by atoms with van der Waals surface area (Å²) in [6.07, 6.45) is 0. The van der Waals surface area contributed by atoms with Crippen molar-refractivity contribution in [2.75, 3.05) is 20.6 Å². The number of carbonyl (C=O) groups is 2. The first kappa shape index (κ1) is 23.8. The molecule has 0 spiro atoms. The molecule has 0 fully saturated rings. The van der Waals surface area contributed by atoms with Crippen LogP contribution in [-0.2, 0) is 26.2 Å². The van der Waals surface area contributed by atoms with Crippen molar-refractivity contribution in [3.63, 3.8) is 0 Å². The predicted molar refractivity (Wildman–Crippen MR) is 112 cm³/mol. The Hall–Kier alpha value is -2.49. The van der Waals surface area contributed by atoms with Gasteiger partial charge in [0.1, 0.15) is 11.9 Å². The van der Waals surface area contributed by atoms with E-state index in [1.54, 1.807) is 0 Å². The van der Waals surface area contributed by atoms with E-state index in [0.29, 0.717) is 10.6 Å². The molecular weight excluding hydrogens is 433 g/mol. The molecule has 2 amide bonds. The molecule has 2 aromatic carbocycles. The summed E-state index contributed by atoms with van der Waals surface area (Å²) in [5.41, 5.74) is 0.601. The maximum absolute atomic E-state index is 13.2. The molecular formula is C20H23ClFN3O4S. The lowest BCUT2D eigenvalue weighted by molar-refractivity contribution is -0.140. The summed E-state index contributed by atoms with van der Waals surface area (Å²) in [6, 6.07) is 10.2. The number of hydrogen-bond donors (Lipinski definition) is 1. The average Bonchev–Trinajstić information content (AvgIpc) is 2.72. The molecule has 0 aliphatic carbocycles. The van der Waals surface area contributed by atoms with Gasteiger partial charge in [-0.15, -0.1) is 0 Å². The van der Waals surface area contributed by atoms with Crippen LogP contribution in [0.15, 0.2) is 53.4 Å². The van der Waals surface area contributed by atoms with Gasteiger partial charge in [0.05, 0.1) is 11.4 Å². The fraction of sp³-hybridized carbons (Fsp3) is 0.300. The van der Waals surface area contributed by atoms with Gasteiger partial charge in [-0.2, -0.15) is 4.31 Å². The number of nitrogens with zero attached hydrogens (tertiary/aromatic N) is 2. The van der Waals surface area contributed by atoms with Gasteiger partial charge in [-0.05, 0) is 48.9 Å². The zero-order valence-corrected chi connectivity index (χ0v) is 18.4. The summed E-state index contributed by atoms with van der Waals surface area (Å²) < 4.78 is 39.6. The van der Waals surface area contributed by atoms with Crippen molar-refractivity contribution in [1.29, 1.82) is 0 Å². The van der Waals surface area contributed by atoms with E-state index in [9.17, 15) is 22.4 Å². The molecule has 2 rings (SSSR count). The van der Waals surface area contributed by atoms with Gasteiger partial charge in [0.15, 0.2) is 0 Å². The first-order chi connectivity index (χ1) is 14.1. The Kier molecular flexibility index (Phi) is 7.94. The molecule has 1 N–H and O–H groups in total. The van der Waals surface area contributed by atoms with E-state index < -0.39 is 40.2 Å². The zero-order chi connectivity index (χ0) is 22.5. The normalized spacial score (nSPS) is 12.5. The number of likely N-dealkylation sites (N-methyl/N-ethyl adjacent to an activating group) is 2. The monoisotopic (exact) mass is 455 g/mol. The third-order valence-electron chi connectivity index (χ3n) is 4.56. The van der Waals surface area contributed by atoms with Crippen LogP contribution in [0, 0.1) is 5.82 Å². The molecule has 2 aromatic rings. The molecule has 0 saturated heterocycles. The number of benzene rings is 2. The van der Waals surface area contributed by atoms with Crippen LogP contribution in [0.1, 0.15) is 12.5 Å². The lowest BCUT2D eigenvalue weighted by atomic mass is 10.1. The lowest BCUT2D eigenvalue weighted by Gasteiger charge is -2.30. The third kappa shape index (κ3) is 5.78. The van der Waals surface area contributed by atoms with Gasteiger partial charge in [0.2, 0.25) is 21.8 Å². The summed E-state index contributed by atoms with van der Waals surface area (Å²) >= 11 is 5.80. The van der Waals surface area contributed by atoms with Crippen LogP contribution in [0.4, 0.5) is 4.39 Å². The van der Waals surface area contributed by atoms with E-state index in [1.165, 1.54) is 74.4 Å². The quantitative estimate of drug-likeness (QED) is 0.661. The minimum Gasteiger partial charge on any atom is -0.357 e. The van der Waals surface area contributed by atoms with Gasteiger partial charge < -0.3 is 10.2 Å². The third-order valence-corrected chi connectivity index (χ3v) is 6.63. The van der Waals surface area contributed by atoms with Gasteiger partial charge >= 0.3 is 0 Å². The Morgan fingerprint density at radius 3 is 2.20 bits per heavy atom. The summed E-state index contributed by atoms with van der Waals surface area (Å²) in [5, 5.41) is 2.86. The van der Waals surface area contributed by atoms with Crippen molar-refractivity contribution >= 4 is 33.4 Å². The molecule has 0 bridgehead atoms. The number of halogens is 2. The number of amides is 2. The molecule has 0 aliphatic heterocycles. The number of hydrogen-bond acceptors (Lipinski definition) is 4. The van der Waals surface area contributed by atoms with Gasteiger partial charge in [0.25, 0.3) is 0 Å². The molecule has 10 heteroatoms. The first-order valence-electron chi connectivity index (χ1n) is 9.03. The molecule has 0 heterocycles. The highest BCUT2D eigenvalue weighted by molar-refractivity contribution is 7.89. The van der Waals surface area contributed by atoms with Gasteiger partial charge in [-0.1, -0.05) is 23.7 Å². The van der Waals surface area contributed by atoms with Crippen molar-refractivity contribution in [2.24, 2.45) is 0 Å².